The second-order valence-electron chi connectivity index (χ2n) is 4.27. The third-order valence-corrected chi connectivity index (χ3v) is 2.86. The highest BCUT2D eigenvalue weighted by atomic mass is 35.5. The Labute approximate surface area is 110 Å². The molecule has 1 fully saturated rings. The lowest BCUT2D eigenvalue weighted by atomic mass is 10.1. The van der Waals surface area contributed by atoms with Gasteiger partial charge in [0.1, 0.15) is 0 Å². The standard InChI is InChI=1S/C12H15F3N2.ClH/c13-12(14,15)9-3-1-4-10(7-9)17-11-5-2-6-16-8-11;/h1,3-4,7,11,16-17H,2,5-6,8H2;1H. The smallest absolute Gasteiger partial charge is 0.381 e. The molecule has 1 aliphatic heterocycles. The maximum absolute atomic E-state index is 12.5. The van der Waals surface area contributed by atoms with Crippen molar-refractivity contribution in [3.05, 3.63) is 29.8 Å². The average Bonchev–Trinajstić information content (AvgIpc) is 2.29. The molecule has 2 rings (SSSR count). The van der Waals surface area contributed by atoms with Gasteiger partial charge in [0.2, 0.25) is 0 Å². The van der Waals surface area contributed by atoms with E-state index in [2.05, 4.69) is 10.6 Å². The van der Waals surface area contributed by atoms with Gasteiger partial charge < -0.3 is 10.6 Å². The molecule has 0 spiro atoms. The van der Waals surface area contributed by atoms with Crippen molar-refractivity contribution in [2.24, 2.45) is 0 Å². The van der Waals surface area contributed by atoms with Crippen LogP contribution in [0.5, 0.6) is 0 Å². The van der Waals surface area contributed by atoms with Crippen LogP contribution in [0.1, 0.15) is 18.4 Å². The van der Waals surface area contributed by atoms with Crippen LogP contribution in [0.3, 0.4) is 0 Å². The second-order valence-corrected chi connectivity index (χ2v) is 4.27. The lowest BCUT2D eigenvalue weighted by molar-refractivity contribution is -0.137. The molecule has 1 aromatic rings. The zero-order valence-corrected chi connectivity index (χ0v) is 10.6. The van der Waals surface area contributed by atoms with Gasteiger partial charge in [0.15, 0.2) is 0 Å². The van der Waals surface area contributed by atoms with Crippen LogP contribution in [-0.4, -0.2) is 19.1 Å². The van der Waals surface area contributed by atoms with Crippen molar-refractivity contribution in [3.63, 3.8) is 0 Å². The van der Waals surface area contributed by atoms with Gasteiger partial charge in [-0.25, -0.2) is 0 Å². The molecule has 1 aliphatic rings. The summed E-state index contributed by atoms with van der Waals surface area (Å²) in [6.45, 7) is 1.79. The summed E-state index contributed by atoms with van der Waals surface area (Å²) >= 11 is 0. The fourth-order valence-corrected chi connectivity index (χ4v) is 2.00. The number of anilines is 1. The van der Waals surface area contributed by atoms with Crippen LogP contribution in [0.2, 0.25) is 0 Å². The molecule has 2 nitrogen and oxygen atoms in total. The van der Waals surface area contributed by atoms with E-state index in [9.17, 15) is 13.2 Å². The highest BCUT2D eigenvalue weighted by Gasteiger charge is 2.30. The predicted octanol–water partition coefficient (Wildman–Crippen LogP) is 3.29. The molecule has 2 N–H and O–H groups in total. The Morgan fingerprint density at radius 3 is 2.67 bits per heavy atom. The second kappa shape index (κ2) is 6.29. The van der Waals surface area contributed by atoms with Crippen LogP contribution in [-0.2, 0) is 6.18 Å². The molecule has 1 aromatic carbocycles. The van der Waals surface area contributed by atoms with Gasteiger partial charge in [-0.15, -0.1) is 12.4 Å². The number of hydrogen-bond donors (Lipinski definition) is 2. The largest absolute Gasteiger partial charge is 0.416 e. The van der Waals surface area contributed by atoms with Gasteiger partial charge in [-0.05, 0) is 37.6 Å². The Morgan fingerprint density at radius 1 is 1.28 bits per heavy atom. The van der Waals surface area contributed by atoms with Gasteiger partial charge in [-0.1, -0.05) is 6.07 Å². The molecule has 0 aromatic heterocycles. The van der Waals surface area contributed by atoms with E-state index >= 15 is 0 Å². The Kier molecular flexibility index (Phi) is 5.28. The highest BCUT2D eigenvalue weighted by molar-refractivity contribution is 5.85. The number of nitrogens with one attached hydrogen (secondary N) is 2. The van der Waals surface area contributed by atoms with Gasteiger partial charge >= 0.3 is 6.18 Å². The first kappa shape index (κ1) is 15.1. The highest BCUT2D eigenvalue weighted by Crippen LogP contribution is 2.30. The summed E-state index contributed by atoms with van der Waals surface area (Å²) in [5, 5.41) is 6.35. The first-order chi connectivity index (χ1) is 8.05. The van der Waals surface area contributed by atoms with E-state index in [0.29, 0.717) is 5.69 Å². The third kappa shape index (κ3) is 4.07. The van der Waals surface area contributed by atoms with Gasteiger partial charge in [0, 0.05) is 18.3 Å². The van der Waals surface area contributed by atoms with Crippen LogP contribution >= 0.6 is 12.4 Å². The van der Waals surface area contributed by atoms with Crippen molar-refractivity contribution in [2.45, 2.75) is 25.1 Å². The molecular weight excluding hydrogens is 265 g/mol. The molecule has 0 aliphatic carbocycles. The molecule has 0 bridgehead atoms. The number of hydrogen-bond acceptors (Lipinski definition) is 2. The van der Waals surface area contributed by atoms with E-state index in [1.807, 2.05) is 0 Å². The van der Waals surface area contributed by atoms with E-state index in [4.69, 9.17) is 0 Å². The Morgan fingerprint density at radius 2 is 2.06 bits per heavy atom. The minimum absolute atomic E-state index is 0. The van der Waals surface area contributed by atoms with Crippen molar-refractivity contribution in [1.29, 1.82) is 0 Å². The Bertz CT molecular complexity index is 376. The monoisotopic (exact) mass is 280 g/mol. The van der Waals surface area contributed by atoms with Crippen LogP contribution < -0.4 is 10.6 Å². The Balaban J connectivity index is 0.00000162. The topological polar surface area (TPSA) is 24.1 Å². The summed E-state index contributed by atoms with van der Waals surface area (Å²) in [6, 6.07) is 5.57. The first-order valence-electron chi connectivity index (χ1n) is 5.70. The van der Waals surface area contributed by atoms with Crippen molar-refractivity contribution in [2.75, 3.05) is 18.4 Å². The molecule has 1 saturated heterocycles. The quantitative estimate of drug-likeness (QED) is 0.869. The molecule has 102 valence electrons. The maximum atomic E-state index is 12.5. The zero-order chi connectivity index (χ0) is 12.3. The number of rotatable bonds is 2. The summed E-state index contributed by atoms with van der Waals surface area (Å²) < 4.78 is 37.5. The molecule has 1 heterocycles. The fraction of sp³-hybridized carbons (Fsp3) is 0.500. The van der Waals surface area contributed by atoms with Crippen LogP contribution in [0, 0.1) is 0 Å². The minimum Gasteiger partial charge on any atom is -0.381 e. The Hall–Kier alpha value is -0.940. The average molecular weight is 281 g/mol. The normalized spacial score (nSPS) is 20.1. The van der Waals surface area contributed by atoms with Crippen molar-refractivity contribution in [3.8, 4) is 0 Å². The van der Waals surface area contributed by atoms with Gasteiger partial charge in [-0.2, -0.15) is 13.2 Å². The van der Waals surface area contributed by atoms with Crippen LogP contribution in [0.25, 0.3) is 0 Å². The number of piperidine rings is 1. The van der Waals surface area contributed by atoms with Gasteiger partial charge in [0.05, 0.1) is 5.56 Å². The maximum Gasteiger partial charge on any atom is 0.416 e. The molecule has 1 atom stereocenters. The molecular formula is C12H16ClF3N2. The summed E-state index contributed by atoms with van der Waals surface area (Å²) in [4.78, 5) is 0. The summed E-state index contributed by atoms with van der Waals surface area (Å²) in [7, 11) is 0. The lowest BCUT2D eigenvalue weighted by Crippen LogP contribution is -2.38. The fourth-order valence-electron chi connectivity index (χ4n) is 2.00. The zero-order valence-electron chi connectivity index (χ0n) is 9.76. The van der Waals surface area contributed by atoms with Crippen molar-refractivity contribution < 1.29 is 13.2 Å². The summed E-state index contributed by atoms with van der Waals surface area (Å²) in [5.41, 5.74) is -0.0696. The van der Waals surface area contributed by atoms with Gasteiger partial charge in [-0.3, -0.25) is 0 Å². The summed E-state index contributed by atoms with van der Waals surface area (Å²) in [6.07, 6.45) is -2.23. The first-order valence-corrected chi connectivity index (χ1v) is 5.70. The van der Waals surface area contributed by atoms with E-state index in [0.717, 1.165) is 38.1 Å². The van der Waals surface area contributed by atoms with Crippen molar-refractivity contribution in [1.82, 2.24) is 5.32 Å². The third-order valence-electron chi connectivity index (χ3n) is 2.86. The van der Waals surface area contributed by atoms with E-state index in [1.165, 1.54) is 6.07 Å². The molecule has 18 heavy (non-hydrogen) atoms. The number of benzene rings is 1. The van der Waals surface area contributed by atoms with E-state index in [-0.39, 0.29) is 18.4 Å². The van der Waals surface area contributed by atoms with E-state index < -0.39 is 11.7 Å². The predicted molar refractivity (Wildman–Crippen MR) is 68.2 cm³/mol. The van der Waals surface area contributed by atoms with E-state index in [1.54, 1.807) is 6.07 Å². The van der Waals surface area contributed by atoms with Gasteiger partial charge in [0.25, 0.3) is 0 Å². The van der Waals surface area contributed by atoms with Crippen LogP contribution in [0.15, 0.2) is 24.3 Å². The molecule has 1 unspecified atom stereocenters. The molecule has 0 amide bonds. The molecule has 0 saturated carbocycles. The van der Waals surface area contributed by atoms with Crippen molar-refractivity contribution >= 4 is 18.1 Å². The minimum atomic E-state index is -4.28. The molecule has 0 radical (unpaired) electrons. The number of alkyl halides is 3. The SMILES string of the molecule is Cl.FC(F)(F)c1cccc(NC2CCCNC2)c1. The van der Waals surface area contributed by atoms with Crippen LogP contribution in [0.4, 0.5) is 18.9 Å². The summed E-state index contributed by atoms with van der Waals surface area (Å²) in [5.74, 6) is 0. The number of halogens is 4. The molecule has 6 heteroatoms. The lowest BCUT2D eigenvalue weighted by Gasteiger charge is -2.25.